The van der Waals surface area contributed by atoms with E-state index in [0.717, 1.165) is 31.2 Å². The van der Waals surface area contributed by atoms with Crippen molar-refractivity contribution in [3.8, 4) is 11.1 Å². The van der Waals surface area contributed by atoms with Gasteiger partial charge in [0.1, 0.15) is 0 Å². The molecule has 0 aliphatic carbocycles. The Kier molecular flexibility index (Phi) is 4.78. The standard InChI is InChI=1S/C16H12Br2O2/c1-10(8-16(19)20)11-2-4-12(5-3-11)14-7-6-13(17)9-15(14)18/h2-9H,1H3,(H,19,20)/b10-8-. The minimum Gasteiger partial charge on any atom is -0.478 e. The van der Waals surface area contributed by atoms with Crippen molar-refractivity contribution in [3.63, 3.8) is 0 Å². The van der Waals surface area contributed by atoms with Gasteiger partial charge in [0.05, 0.1) is 0 Å². The molecule has 0 saturated carbocycles. The number of benzene rings is 2. The molecule has 20 heavy (non-hydrogen) atoms. The van der Waals surface area contributed by atoms with Gasteiger partial charge >= 0.3 is 5.97 Å². The highest BCUT2D eigenvalue weighted by molar-refractivity contribution is 9.11. The van der Waals surface area contributed by atoms with E-state index < -0.39 is 5.97 Å². The lowest BCUT2D eigenvalue weighted by Crippen LogP contribution is -1.90. The van der Waals surface area contributed by atoms with Gasteiger partial charge in [-0.25, -0.2) is 4.79 Å². The third kappa shape index (κ3) is 3.58. The highest BCUT2D eigenvalue weighted by Gasteiger charge is 2.05. The molecule has 0 saturated heterocycles. The fourth-order valence-electron chi connectivity index (χ4n) is 1.90. The van der Waals surface area contributed by atoms with Crippen molar-refractivity contribution in [2.45, 2.75) is 6.92 Å². The van der Waals surface area contributed by atoms with Crippen LogP contribution < -0.4 is 0 Å². The average Bonchev–Trinajstić information content (AvgIpc) is 2.38. The van der Waals surface area contributed by atoms with E-state index in [9.17, 15) is 4.79 Å². The Balaban J connectivity index is 2.35. The summed E-state index contributed by atoms with van der Waals surface area (Å²) in [4.78, 5) is 10.7. The molecule has 0 fully saturated rings. The number of halogens is 2. The van der Waals surface area contributed by atoms with Crippen molar-refractivity contribution in [2.75, 3.05) is 0 Å². The van der Waals surface area contributed by atoms with Crippen LogP contribution in [0.4, 0.5) is 0 Å². The zero-order valence-electron chi connectivity index (χ0n) is 10.7. The summed E-state index contributed by atoms with van der Waals surface area (Å²) in [6.45, 7) is 1.79. The van der Waals surface area contributed by atoms with E-state index in [1.165, 1.54) is 6.08 Å². The van der Waals surface area contributed by atoms with E-state index in [-0.39, 0.29) is 0 Å². The lowest BCUT2D eigenvalue weighted by atomic mass is 10.0. The van der Waals surface area contributed by atoms with Crippen molar-refractivity contribution >= 4 is 43.4 Å². The molecule has 0 aliphatic rings. The number of carboxylic acid groups (broad SMARTS) is 1. The van der Waals surface area contributed by atoms with Crippen LogP contribution >= 0.6 is 31.9 Å². The molecule has 0 radical (unpaired) electrons. The Bertz CT molecular complexity index is 673. The van der Waals surface area contributed by atoms with Gasteiger partial charge in [-0.2, -0.15) is 0 Å². The molecular formula is C16H12Br2O2. The van der Waals surface area contributed by atoms with Crippen LogP contribution in [0.15, 0.2) is 57.5 Å². The lowest BCUT2D eigenvalue weighted by molar-refractivity contribution is -0.131. The van der Waals surface area contributed by atoms with Gasteiger partial charge in [-0.05, 0) is 41.3 Å². The maximum atomic E-state index is 10.7. The van der Waals surface area contributed by atoms with Crippen LogP contribution in [0.25, 0.3) is 16.7 Å². The first kappa shape index (κ1) is 15.0. The van der Waals surface area contributed by atoms with Crippen LogP contribution in [0.2, 0.25) is 0 Å². The third-order valence-corrected chi connectivity index (χ3v) is 4.07. The SMILES string of the molecule is C/C(=C/C(=O)O)c1ccc(-c2ccc(Br)cc2Br)cc1. The molecule has 2 rings (SSSR count). The van der Waals surface area contributed by atoms with Gasteiger partial charge in [0.2, 0.25) is 0 Å². The van der Waals surface area contributed by atoms with E-state index in [4.69, 9.17) is 5.11 Å². The zero-order valence-corrected chi connectivity index (χ0v) is 13.9. The summed E-state index contributed by atoms with van der Waals surface area (Å²) in [5.41, 5.74) is 3.82. The first-order valence-corrected chi connectivity index (χ1v) is 7.53. The Labute approximate surface area is 134 Å². The molecule has 2 aromatic rings. The molecule has 0 heterocycles. The quantitative estimate of drug-likeness (QED) is 0.709. The summed E-state index contributed by atoms with van der Waals surface area (Å²) in [7, 11) is 0. The smallest absolute Gasteiger partial charge is 0.328 e. The number of carbonyl (C=O) groups is 1. The number of hydrogen-bond donors (Lipinski definition) is 1. The van der Waals surface area contributed by atoms with Gasteiger partial charge in [0.15, 0.2) is 0 Å². The number of allylic oxidation sites excluding steroid dienone is 1. The summed E-state index contributed by atoms with van der Waals surface area (Å²) in [5.74, 6) is -0.928. The molecule has 0 amide bonds. The summed E-state index contributed by atoms with van der Waals surface area (Å²) in [5, 5.41) is 8.75. The van der Waals surface area contributed by atoms with E-state index >= 15 is 0 Å². The average molecular weight is 396 g/mol. The van der Waals surface area contributed by atoms with Crippen molar-refractivity contribution in [2.24, 2.45) is 0 Å². The van der Waals surface area contributed by atoms with Gasteiger partial charge in [0.25, 0.3) is 0 Å². The van der Waals surface area contributed by atoms with Crippen LogP contribution in [0.3, 0.4) is 0 Å². The molecule has 4 heteroatoms. The molecule has 0 aliphatic heterocycles. The maximum Gasteiger partial charge on any atom is 0.328 e. The topological polar surface area (TPSA) is 37.3 Å². The molecule has 0 aromatic heterocycles. The lowest BCUT2D eigenvalue weighted by Gasteiger charge is -2.07. The van der Waals surface area contributed by atoms with Crippen LogP contribution in [0.1, 0.15) is 12.5 Å². The van der Waals surface area contributed by atoms with Crippen molar-refractivity contribution < 1.29 is 9.90 Å². The maximum absolute atomic E-state index is 10.7. The van der Waals surface area contributed by atoms with Crippen LogP contribution in [0, 0.1) is 0 Å². The number of aliphatic carboxylic acids is 1. The summed E-state index contributed by atoms with van der Waals surface area (Å²) >= 11 is 6.97. The molecule has 2 aromatic carbocycles. The van der Waals surface area contributed by atoms with Crippen LogP contribution in [-0.4, -0.2) is 11.1 Å². The molecule has 0 atom stereocenters. The van der Waals surface area contributed by atoms with E-state index in [2.05, 4.69) is 31.9 Å². The second kappa shape index (κ2) is 6.37. The molecular weight excluding hydrogens is 384 g/mol. The zero-order chi connectivity index (χ0) is 14.7. The molecule has 0 bridgehead atoms. The fraction of sp³-hybridized carbons (Fsp3) is 0.0625. The van der Waals surface area contributed by atoms with Gasteiger partial charge in [0, 0.05) is 15.0 Å². The van der Waals surface area contributed by atoms with Crippen molar-refractivity contribution in [1.29, 1.82) is 0 Å². The largest absolute Gasteiger partial charge is 0.478 e. The normalized spacial score (nSPS) is 11.4. The first-order chi connectivity index (χ1) is 9.47. The minimum atomic E-state index is -0.928. The number of hydrogen-bond acceptors (Lipinski definition) is 1. The first-order valence-electron chi connectivity index (χ1n) is 5.94. The summed E-state index contributed by atoms with van der Waals surface area (Å²) < 4.78 is 2.03. The Hall–Kier alpha value is -1.39. The second-order valence-corrected chi connectivity index (χ2v) is 6.14. The number of rotatable bonds is 3. The highest BCUT2D eigenvalue weighted by atomic mass is 79.9. The summed E-state index contributed by atoms with van der Waals surface area (Å²) in [6.07, 6.45) is 1.21. The highest BCUT2D eigenvalue weighted by Crippen LogP contribution is 2.31. The molecule has 0 spiro atoms. The monoisotopic (exact) mass is 394 g/mol. The van der Waals surface area contributed by atoms with E-state index in [1.54, 1.807) is 6.92 Å². The Morgan fingerprint density at radius 1 is 1.10 bits per heavy atom. The van der Waals surface area contributed by atoms with Crippen LogP contribution in [-0.2, 0) is 4.79 Å². The summed E-state index contributed by atoms with van der Waals surface area (Å²) in [6, 6.07) is 13.9. The van der Waals surface area contributed by atoms with Gasteiger partial charge in [-0.1, -0.05) is 62.2 Å². The van der Waals surface area contributed by atoms with Gasteiger partial charge in [-0.3, -0.25) is 0 Å². The van der Waals surface area contributed by atoms with Crippen molar-refractivity contribution in [3.05, 3.63) is 63.0 Å². The molecule has 0 unspecified atom stereocenters. The van der Waals surface area contributed by atoms with Gasteiger partial charge in [-0.15, -0.1) is 0 Å². The van der Waals surface area contributed by atoms with E-state index in [1.807, 2.05) is 42.5 Å². The Morgan fingerprint density at radius 2 is 1.75 bits per heavy atom. The second-order valence-electron chi connectivity index (χ2n) is 4.37. The van der Waals surface area contributed by atoms with Gasteiger partial charge < -0.3 is 5.11 Å². The predicted molar refractivity (Wildman–Crippen MR) is 88.6 cm³/mol. The van der Waals surface area contributed by atoms with Crippen LogP contribution in [0.5, 0.6) is 0 Å². The third-order valence-electron chi connectivity index (χ3n) is 2.92. The van der Waals surface area contributed by atoms with Crippen molar-refractivity contribution in [1.82, 2.24) is 0 Å². The molecule has 2 nitrogen and oxygen atoms in total. The fourth-order valence-corrected chi connectivity index (χ4v) is 3.18. The Morgan fingerprint density at radius 3 is 2.30 bits per heavy atom. The molecule has 102 valence electrons. The predicted octanol–water partition coefficient (Wildman–Crippen LogP) is 5.37. The molecule has 1 N–H and O–H groups in total. The minimum absolute atomic E-state index is 0.735. The number of carboxylic acids is 1. The van der Waals surface area contributed by atoms with E-state index in [0.29, 0.717) is 0 Å².